The predicted octanol–water partition coefficient (Wildman–Crippen LogP) is 1.40. The van der Waals surface area contributed by atoms with Crippen LogP contribution in [-0.2, 0) is 20.7 Å². The summed E-state index contributed by atoms with van der Waals surface area (Å²) in [6, 6.07) is 6.94. The van der Waals surface area contributed by atoms with Gasteiger partial charge in [0, 0.05) is 4.47 Å². The second-order valence-corrected chi connectivity index (χ2v) is 5.71. The van der Waals surface area contributed by atoms with Crippen LogP contribution in [0.25, 0.3) is 0 Å². The second-order valence-electron chi connectivity index (χ2n) is 4.79. The molecule has 0 aromatic heterocycles. The first-order valence-electron chi connectivity index (χ1n) is 6.30. The van der Waals surface area contributed by atoms with Gasteiger partial charge < -0.3 is 4.74 Å². The molecule has 1 aromatic carbocycles. The standard InChI is InChI=1S/C14H11BrN2O4/c15-9-3-1-7(2-4-9)5-8-6-10(18)21-13-11(8)12(19)16-14(20)17-13/h1-4,13H,5-6H2,(H2,16,17,19,20). The molecule has 6 nitrogen and oxygen atoms in total. The van der Waals surface area contributed by atoms with Crippen molar-refractivity contribution >= 4 is 33.8 Å². The van der Waals surface area contributed by atoms with E-state index in [0.29, 0.717) is 17.6 Å². The first-order valence-corrected chi connectivity index (χ1v) is 7.10. The van der Waals surface area contributed by atoms with Crippen molar-refractivity contribution in [3.8, 4) is 0 Å². The van der Waals surface area contributed by atoms with Crippen molar-refractivity contribution in [2.45, 2.75) is 19.1 Å². The van der Waals surface area contributed by atoms with Gasteiger partial charge in [0.1, 0.15) is 0 Å². The molecule has 2 heterocycles. The average molecular weight is 351 g/mol. The molecule has 3 rings (SSSR count). The topological polar surface area (TPSA) is 84.5 Å². The Morgan fingerprint density at radius 1 is 1.19 bits per heavy atom. The third kappa shape index (κ3) is 2.82. The van der Waals surface area contributed by atoms with Gasteiger partial charge in [0.2, 0.25) is 6.23 Å². The molecule has 21 heavy (non-hydrogen) atoms. The van der Waals surface area contributed by atoms with Crippen molar-refractivity contribution in [3.63, 3.8) is 0 Å². The number of carbonyl (C=O) groups is 3. The van der Waals surface area contributed by atoms with Crippen LogP contribution in [0.15, 0.2) is 39.9 Å². The number of fused-ring (bicyclic) bond motifs is 1. The monoisotopic (exact) mass is 350 g/mol. The van der Waals surface area contributed by atoms with E-state index in [2.05, 4.69) is 26.6 Å². The van der Waals surface area contributed by atoms with Gasteiger partial charge in [-0.15, -0.1) is 0 Å². The van der Waals surface area contributed by atoms with Crippen LogP contribution in [0.5, 0.6) is 0 Å². The van der Waals surface area contributed by atoms with E-state index in [1.807, 2.05) is 24.3 Å². The fourth-order valence-corrected chi connectivity index (χ4v) is 2.66. The van der Waals surface area contributed by atoms with Crippen molar-refractivity contribution in [1.29, 1.82) is 0 Å². The Morgan fingerprint density at radius 3 is 2.62 bits per heavy atom. The van der Waals surface area contributed by atoms with Crippen LogP contribution >= 0.6 is 15.9 Å². The summed E-state index contributed by atoms with van der Waals surface area (Å²) in [6.07, 6.45) is -0.485. The molecule has 7 heteroatoms. The van der Waals surface area contributed by atoms with E-state index in [1.165, 1.54) is 0 Å². The smallest absolute Gasteiger partial charge is 0.324 e. The molecule has 1 saturated heterocycles. The largest absolute Gasteiger partial charge is 0.437 e. The van der Waals surface area contributed by atoms with E-state index in [4.69, 9.17) is 4.74 Å². The second kappa shape index (κ2) is 5.33. The number of carbonyl (C=O) groups excluding carboxylic acids is 3. The highest BCUT2D eigenvalue weighted by Crippen LogP contribution is 2.26. The molecule has 108 valence electrons. The number of esters is 1. The molecule has 0 saturated carbocycles. The third-order valence-corrected chi connectivity index (χ3v) is 3.84. The minimum absolute atomic E-state index is 0.0468. The third-order valence-electron chi connectivity index (χ3n) is 3.31. The van der Waals surface area contributed by atoms with Gasteiger partial charge in [-0.25, -0.2) is 4.79 Å². The van der Waals surface area contributed by atoms with Gasteiger partial charge in [0.05, 0.1) is 12.0 Å². The molecular weight excluding hydrogens is 340 g/mol. The first-order chi connectivity index (χ1) is 10.0. The Balaban J connectivity index is 1.95. The van der Waals surface area contributed by atoms with Crippen LogP contribution in [0.1, 0.15) is 12.0 Å². The number of ether oxygens (including phenoxy) is 1. The molecule has 1 aromatic rings. The van der Waals surface area contributed by atoms with E-state index < -0.39 is 24.1 Å². The maximum absolute atomic E-state index is 12.0. The molecular formula is C14H11BrN2O4. The number of benzene rings is 1. The Hall–Kier alpha value is -2.15. The summed E-state index contributed by atoms with van der Waals surface area (Å²) in [5.41, 5.74) is 1.95. The summed E-state index contributed by atoms with van der Waals surface area (Å²) in [4.78, 5) is 34.9. The van der Waals surface area contributed by atoms with Gasteiger partial charge in [-0.1, -0.05) is 28.1 Å². The van der Waals surface area contributed by atoms with Gasteiger partial charge in [-0.2, -0.15) is 0 Å². The fraction of sp³-hybridized carbons (Fsp3) is 0.214. The maximum Gasteiger partial charge on any atom is 0.324 e. The number of hydrogen-bond donors (Lipinski definition) is 2. The lowest BCUT2D eigenvalue weighted by Gasteiger charge is -2.31. The number of hydrogen-bond acceptors (Lipinski definition) is 4. The number of amides is 3. The molecule has 2 N–H and O–H groups in total. The summed E-state index contributed by atoms with van der Waals surface area (Å²) < 4.78 is 5.97. The van der Waals surface area contributed by atoms with Crippen LogP contribution in [0, 0.1) is 0 Å². The molecule has 0 radical (unpaired) electrons. The number of halogens is 1. The van der Waals surface area contributed by atoms with Crippen LogP contribution < -0.4 is 10.6 Å². The van der Waals surface area contributed by atoms with Gasteiger partial charge in [0.15, 0.2) is 0 Å². The van der Waals surface area contributed by atoms with Crippen molar-refractivity contribution in [1.82, 2.24) is 10.6 Å². The van der Waals surface area contributed by atoms with E-state index in [9.17, 15) is 14.4 Å². The number of nitrogens with one attached hydrogen (secondary N) is 2. The molecule has 2 aliphatic rings. The highest BCUT2D eigenvalue weighted by Gasteiger charge is 2.38. The minimum atomic E-state index is -0.988. The van der Waals surface area contributed by atoms with Crippen molar-refractivity contribution in [2.24, 2.45) is 0 Å². The average Bonchev–Trinajstić information content (AvgIpc) is 2.40. The molecule has 0 aliphatic carbocycles. The molecule has 0 spiro atoms. The van der Waals surface area contributed by atoms with Crippen molar-refractivity contribution < 1.29 is 19.1 Å². The van der Waals surface area contributed by atoms with E-state index in [1.54, 1.807) is 0 Å². The number of rotatable bonds is 2. The van der Waals surface area contributed by atoms with E-state index >= 15 is 0 Å². The highest BCUT2D eigenvalue weighted by atomic mass is 79.9. The van der Waals surface area contributed by atoms with E-state index in [-0.39, 0.29) is 6.42 Å². The van der Waals surface area contributed by atoms with Crippen LogP contribution in [-0.4, -0.2) is 24.1 Å². The van der Waals surface area contributed by atoms with Crippen molar-refractivity contribution in [2.75, 3.05) is 0 Å². The Morgan fingerprint density at radius 2 is 1.90 bits per heavy atom. The zero-order valence-corrected chi connectivity index (χ0v) is 12.4. The molecule has 0 bridgehead atoms. The van der Waals surface area contributed by atoms with Crippen LogP contribution in [0.2, 0.25) is 0 Å². The molecule has 1 unspecified atom stereocenters. The quantitative estimate of drug-likeness (QED) is 0.789. The van der Waals surface area contributed by atoms with Crippen LogP contribution in [0.3, 0.4) is 0 Å². The van der Waals surface area contributed by atoms with E-state index in [0.717, 1.165) is 10.0 Å². The lowest BCUT2D eigenvalue weighted by Crippen LogP contribution is -2.57. The van der Waals surface area contributed by atoms with Crippen LogP contribution in [0.4, 0.5) is 4.79 Å². The minimum Gasteiger partial charge on any atom is -0.437 e. The Labute approximate surface area is 128 Å². The SMILES string of the molecule is O=C1NC(=O)C2=C(Cc3ccc(Br)cc3)CC(=O)OC2N1. The fourth-order valence-electron chi connectivity index (χ4n) is 2.40. The zero-order valence-electron chi connectivity index (χ0n) is 10.8. The molecule has 2 aliphatic heterocycles. The lowest BCUT2D eigenvalue weighted by molar-refractivity contribution is -0.149. The van der Waals surface area contributed by atoms with Gasteiger partial charge >= 0.3 is 12.0 Å². The summed E-state index contributed by atoms with van der Waals surface area (Å²) in [7, 11) is 0. The lowest BCUT2D eigenvalue weighted by atomic mass is 9.93. The summed E-state index contributed by atoms with van der Waals surface area (Å²) in [6.45, 7) is 0. The molecule has 3 amide bonds. The number of imide groups is 1. The Bertz CT molecular complexity index is 666. The first kappa shape index (κ1) is 13.8. The summed E-state index contributed by atoms with van der Waals surface area (Å²) >= 11 is 3.35. The zero-order chi connectivity index (χ0) is 15.0. The van der Waals surface area contributed by atoms with Crippen molar-refractivity contribution in [3.05, 3.63) is 45.4 Å². The van der Waals surface area contributed by atoms with Gasteiger partial charge in [-0.05, 0) is 29.7 Å². The normalized spacial score (nSPS) is 21.4. The summed E-state index contributed by atoms with van der Waals surface area (Å²) in [5, 5.41) is 4.60. The molecule has 1 fully saturated rings. The maximum atomic E-state index is 12.0. The predicted molar refractivity (Wildman–Crippen MR) is 76.0 cm³/mol. The van der Waals surface area contributed by atoms with Gasteiger partial charge in [0.25, 0.3) is 5.91 Å². The van der Waals surface area contributed by atoms with Gasteiger partial charge in [-0.3, -0.25) is 20.2 Å². The molecule has 1 atom stereocenters. The Kier molecular flexibility index (Phi) is 3.50. The number of urea groups is 1. The highest BCUT2D eigenvalue weighted by molar-refractivity contribution is 9.10. The summed E-state index contributed by atoms with van der Waals surface area (Å²) in [5.74, 6) is -0.964.